The second-order valence-electron chi connectivity index (χ2n) is 5.42. The Labute approximate surface area is 136 Å². The maximum absolute atomic E-state index is 12.4. The zero-order valence-electron chi connectivity index (χ0n) is 12.5. The van der Waals surface area contributed by atoms with Gasteiger partial charge in [0.05, 0.1) is 11.9 Å². The fourth-order valence-electron chi connectivity index (χ4n) is 2.03. The molecule has 0 radical (unpaired) electrons. The van der Waals surface area contributed by atoms with E-state index in [0.29, 0.717) is 11.5 Å². The number of halogens is 2. The maximum Gasteiger partial charge on any atom is 0.280 e. The van der Waals surface area contributed by atoms with E-state index >= 15 is 0 Å². The summed E-state index contributed by atoms with van der Waals surface area (Å²) in [5.41, 5.74) is 0.223. The monoisotopic (exact) mass is 332 g/mol. The number of pyridine rings is 2. The van der Waals surface area contributed by atoms with Gasteiger partial charge in [0.1, 0.15) is 11.5 Å². The molecule has 0 aromatic carbocycles. The van der Waals surface area contributed by atoms with Crippen molar-refractivity contribution in [3.63, 3.8) is 0 Å². The van der Waals surface area contributed by atoms with Crippen LogP contribution in [0.25, 0.3) is 0 Å². The van der Waals surface area contributed by atoms with Crippen molar-refractivity contribution in [3.05, 3.63) is 47.9 Å². The van der Waals surface area contributed by atoms with Gasteiger partial charge >= 0.3 is 0 Å². The zero-order valence-corrected chi connectivity index (χ0v) is 12.5. The Bertz CT molecular complexity index is 761. The van der Waals surface area contributed by atoms with Crippen molar-refractivity contribution in [2.24, 2.45) is 5.92 Å². The van der Waals surface area contributed by atoms with Gasteiger partial charge in [-0.25, -0.2) is 13.8 Å². The molecule has 1 aliphatic rings. The Morgan fingerprint density at radius 3 is 2.54 bits per heavy atom. The average molecular weight is 332 g/mol. The van der Waals surface area contributed by atoms with Crippen LogP contribution in [0.1, 0.15) is 35.3 Å². The van der Waals surface area contributed by atoms with Crippen LogP contribution in [0, 0.1) is 5.92 Å². The second kappa shape index (κ2) is 6.69. The summed E-state index contributed by atoms with van der Waals surface area (Å²) in [7, 11) is 0. The van der Waals surface area contributed by atoms with Crippen LogP contribution >= 0.6 is 0 Å². The highest BCUT2D eigenvalue weighted by Gasteiger charge is 2.29. The normalized spacial score (nSPS) is 13.6. The first kappa shape index (κ1) is 16.0. The van der Waals surface area contributed by atoms with Crippen LogP contribution in [-0.4, -0.2) is 21.8 Å². The van der Waals surface area contributed by atoms with Gasteiger partial charge in [-0.2, -0.15) is 0 Å². The third kappa shape index (κ3) is 3.89. The van der Waals surface area contributed by atoms with E-state index in [0.717, 1.165) is 25.1 Å². The van der Waals surface area contributed by atoms with E-state index in [4.69, 9.17) is 0 Å². The predicted octanol–water partition coefficient (Wildman–Crippen LogP) is 3.02. The molecule has 24 heavy (non-hydrogen) atoms. The fraction of sp³-hybridized carbons (Fsp3) is 0.250. The van der Waals surface area contributed by atoms with Crippen LogP contribution in [0.15, 0.2) is 36.7 Å². The third-order valence-electron chi connectivity index (χ3n) is 3.49. The molecule has 124 valence electrons. The number of nitrogens with one attached hydrogen (secondary N) is 2. The van der Waals surface area contributed by atoms with Gasteiger partial charge in [0, 0.05) is 17.7 Å². The molecular formula is C16H14F2N4O2. The van der Waals surface area contributed by atoms with Crippen molar-refractivity contribution in [2.75, 3.05) is 10.6 Å². The molecule has 0 aliphatic heterocycles. The van der Waals surface area contributed by atoms with Gasteiger partial charge in [0.15, 0.2) is 0 Å². The molecular weight excluding hydrogens is 318 g/mol. The first-order valence-corrected chi connectivity index (χ1v) is 7.35. The minimum absolute atomic E-state index is 0.0312. The van der Waals surface area contributed by atoms with Crippen LogP contribution < -0.4 is 10.6 Å². The molecule has 2 aromatic rings. The van der Waals surface area contributed by atoms with Crippen molar-refractivity contribution >= 4 is 23.3 Å². The zero-order chi connectivity index (χ0) is 17.1. The first-order chi connectivity index (χ1) is 11.5. The number of alkyl halides is 2. The standard InChI is InChI=1S/C16H14F2N4O2/c17-14(18)12-4-3-11(8-20-12)21-16(24)10-5-6-19-13(7-10)22-15(23)9-1-2-9/h3-9,14H,1-2H2,(H,21,24)(H,19,22,23). The number of carbonyl (C=O) groups excluding carboxylic acids is 2. The summed E-state index contributed by atoms with van der Waals surface area (Å²) < 4.78 is 24.9. The summed E-state index contributed by atoms with van der Waals surface area (Å²) in [4.78, 5) is 31.5. The van der Waals surface area contributed by atoms with E-state index in [9.17, 15) is 18.4 Å². The number of anilines is 2. The lowest BCUT2D eigenvalue weighted by Gasteiger charge is -2.08. The maximum atomic E-state index is 12.4. The SMILES string of the molecule is O=C(Nc1ccc(C(F)F)nc1)c1ccnc(NC(=O)C2CC2)c1. The molecule has 0 unspecified atom stereocenters. The summed E-state index contributed by atoms with van der Waals surface area (Å²) in [5, 5.41) is 5.21. The molecule has 8 heteroatoms. The van der Waals surface area contributed by atoms with Gasteiger partial charge < -0.3 is 10.6 Å². The Kier molecular flexibility index (Phi) is 4.45. The van der Waals surface area contributed by atoms with E-state index in [2.05, 4.69) is 20.6 Å². The van der Waals surface area contributed by atoms with Crippen LogP contribution in [0.5, 0.6) is 0 Å². The van der Waals surface area contributed by atoms with Crippen molar-refractivity contribution in [1.29, 1.82) is 0 Å². The highest BCUT2D eigenvalue weighted by molar-refractivity contribution is 6.05. The quantitative estimate of drug-likeness (QED) is 0.881. The smallest absolute Gasteiger partial charge is 0.280 e. The number of amides is 2. The Hall–Kier alpha value is -2.90. The number of hydrogen-bond donors (Lipinski definition) is 2. The van der Waals surface area contributed by atoms with Gasteiger partial charge in [0.25, 0.3) is 12.3 Å². The van der Waals surface area contributed by atoms with Gasteiger partial charge in [-0.3, -0.25) is 14.6 Å². The minimum Gasteiger partial charge on any atom is -0.321 e. The summed E-state index contributed by atoms with van der Waals surface area (Å²) >= 11 is 0. The first-order valence-electron chi connectivity index (χ1n) is 7.35. The van der Waals surface area contributed by atoms with Crippen molar-refractivity contribution in [3.8, 4) is 0 Å². The van der Waals surface area contributed by atoms with Gasteiger partial charge in [-0.05, 0) is 37.1 Å². The molecule has 2 amide bonds. The Balaban J connectivity index is 1.66. The number of nitrogens with zero attached hydrogens (tertiary/aromatic N) is 2. The summed E-state index contributed by atoms with van der Waals surface area (Å²) in [6, 6.07) is 5.44. The third-order valence-corrected chi connectivity index (χ3v) is 3.49. The highest BCUT2D eigenvalue weighted by atomic mass is 19.3. The van der Waals surface area contributed by atoms with E-state index in [1.807, 2.05) is 0 Å². The summed E-state index contributed by atoms with van der Waals surface area (Å²) in [6.07, 6.45) is 1.65. The molecule has 1 saturated carbocycles. The molecule has 0 saturated heterocycles. The van der Waals surface area contributed by atoms with Crippen LogP contribution in [0.3, 0.4) is 0 Å². The number of aromatic nitrogens is 2. The molecule has 3 rings (SSSR count). The van der Waals surface area contributed by atoms with Crippen molar-refractivity contribution in [2.45, 2.75) is 19.3 Å². The molecule has 0 bridgehead atoms. The largest absolute Gasteiger partial charge is 0.321 e. The molecule has 2 N–H and O–H groups in total. The van der Waals surface area contributed by atoms with Crippen molar-refractivity contribution < 1.29 is 18.4 Å². The Morgan fingerprint density at radius 2 is 1.92 bits per heavy atom. The summed E-state index contributed by atoms with van der Waals surface area (Å²) in [5.74, 6) is -0.229. The summed E-state index contributed by atoms with van der Waals surface area (Å²) in [6.45, 7) is 0. The molecule has 0 spiro atoms. The van der Waals surface area contributed by atoms with Gasteiger partial charge in [0.2, 0.25) is 5.91 Å². The lowest BCUT2D eigenvalue weighted by atomic mass is 10.2. The number of hydrogen-bond acceptors (Lipinski definition) is 4. The molecule has 6 nitrogen and oxygen atoms in total. The van der Waals surface area contributed by atoms with E-state index in [1.54, 1.807) is 0 Å². The van der Waals surface area contributed by atoms with Crippen molar-refractivity contribution in [1.82, 2.24) is 9.97 Å². The average Bonchev–Trinajstić information content (AvgIpc) is 3.40. The van der Waals surface area contributed by atoms with Gasteiger partial charge in [-0.15, -0.1) is 0 Å². The topological polar surface area (TPSA) is 84.0 Å². The molecule has 1 aliphatic carbocycles. The number of carbonyl (C=O) groups is 2. The molecule has 1 fully saturated rings. The van der Waals surface area contributed by atoms with Crippen LogP contribution in [0.2, 0.25) is 0 Å². The lowest BCUT2D eigenvalue weighted by Crippen LogP contribution is -2.16. The van der Waals surface area contributed by atoms with E-state index in [1.165, 1.54) is 24.4 Å². The fourth-order valence-corrected chi connectivity index (χ4v) is 2.03. The van der Waals surface area contributed by atoms with E-state index < -0.39 is 12.3 Å². The van der Waals surface area contributed by atoms with Crippen LogP contribution in [0.4, 0.5) is 20.3 Å². The Morgan fingerprint density at radius 1 is 1.12 bits per heavy atom. The molecule has 0 atom stereocenters. The van der Waals surface area contributed by atoms with Gasteiger partial charge in [-0.1, -0.05) is 0 Å². The van der Waals surface area contributed by atoms with E-state index in [-0.39, 0.29) is 23.1 Å². The molecule has 2 aromatic heterocycles. The predicted molar refractivity (Wildman–Crippen MR) is 82.7 cm³/mol. The number of rotatable bonds is 5. The second-order valence-corrected chi connectivity index (χ2v) is 5.42. The minimum atomic E-state index is -2.66. The lowest BCUT2D eigenvalue weighted by molar-refractivity contribution is -0.117. The highest BCUT2D eigenvalue weighted by Crippen LogP contribution is 2.30. The van der Waals surface area contributed by atoms with Crippen LogP contribution in [-0.2, 0) is 4.79 Å². The molecule has 2 heterocycles.